The number of benzene rings is 1. The van der Waals surface area contributed by atoms with Crippen molar-refractivity contribution in [3.05, 3.63) is 40.6 Å². The molecular formula is C21H21BrN2O3. The lowest BCUT2D eigenvalue weighted by molar-refractivity contribution is -0.163. The Bertz CT molecular complexity index is 930. The molecule has 4 fully saturated rings. The first kappa shape index (κ1) is 17.2. The third-order valence-corrected chi connectivity index (χ3v) is 7.71. The van der Waals surface area contributed by atoms with Gasteiger partial charge in [-0.2, -0.15) is 0 Å². The number of halogens is 1. The third kappa shape index (κ3) is 2.53. The van der Waals surface area contributed by atoms with E-state index in [-0.39, 0.29) is 17.7 Å². The van der Waals surface area contributed by atoms with Gasteiger partial charge >= 0.3 is 5.97 Å². The normalized spacial score (nSPS) is 34.0. The molecule has 0 atom stereocenters. The van der Waals surface area contributed by atoms with E-state index in [0.29, 0.717) is 17.4 Å². The van der Waals surface area contributed by atoms with Crippen LogP contribution < -0.4 is 5.32 Å². The monoisotopic (exact) mass is 428 g/mol. The molecule has 1 amide bonds. The Hall–Kier alpha value is -1.95. The number of hydrogen-bond acceptors (Lipinski definition) is 3. The zero-order valence-corrected chi connectivity index (χ0v) is 16.4. The van der Waals surface area contributed by atoms with Crippen molar-refractivity contribution in [2.75, 3.05) is 0 Å². The molecule has 1 aromatic carbocycles. The number of amides is 1. The van der Waals surface area contributed by atoms with Crippen LogP contribution in [0.4, 0.5) is 0 Å². The summed E-state index contributed by atoms with van der Waals surface area (Å²) in [4.78, 5) is 29.6. The second-order valence-electron chi connectivity index (χ2n) is 8.49. The van der Waals surface area contributed by atoms with Gasteiger partial charge in [0.05, 0.1) is 0 Å². The second-order valence-corrected chi connectivity index (χ2v) is 9.34. The number of fused-ring (bicyclic) bond motifs is 1. The summed E-state index contributed by atoms with van der Waals surface area (Å²) in [6.07, 6.45) is 8.38. The molecule has 140 valence electrons. The van der Waals surface area contributed by atoms with Crippen LogP contribution in [-0.2, 0) is 4.79 Å². The molecular weight excluding hydrogens is 408 g/mol. The molecule has 0 radical (unpaired) electrons. The number of carboxylic acid groups (broad SMARTS) is 1. The Labute approximate surface area is 165 Å². The van der Waals surface area contributed by atoms with Gasteiger partial charge in [0, 0.05) is 27.8 Å². The number of hydrogen-bond donors (Lipinski definition) is 2. The van der Waals surface area contributed by atoms with Crippen LogP contribution >= 0.6 is 15.9 Å². The van der Waals surface area contributed by atoms with Gasteiger partial charge in [0.2, 0.25) is 0 Å². The lowest BCUT2D eigenvalue weighted by atomic mass is 9.48. The number of nitrogens with one attached hydrogen (secondary N) is 1. The highest BCUT2D eigenvalue weighted by Crippen LogP contribution is 2.58. The summed E-state index contributed by atoms with van der Waals surface area (Å²) in [5, 5.41) is 15.0. The van der Waals surface area contributed by atoms with E-state index in [1.165, 1.54) is 6.42 Å². The highest BCUT2D eigenvalue weighted by atomic mass is 79.9. The van der Waals surface area contributed by atoms with Crippen molar-refractivity contribution in [1.82, 2.24) is 10.3 Å². The summed E-state index contributed by atoms with van der Waals surface area (Å²) in [6.45, 7) is 0. The quantitative estimate of drug-likeness (QED) is 0.773. The second kappa shape index (κ2) is 6.03. The fourth-order valence-corrected chi connectivity index (χ4v) is 6.53. The van der Waals surface area contributed by atoms with Crippen LogP contribution in [0.5, 0.6) is 0 Å². The van der Waals surface area contributed by atoms with Crippen LogP contribution in [0, 0.1) is 23.7 Å². The van der Waals surface area contributed by atoms with Gasteiger partial charge in [-0.25, -0.2) is 4.79 Å². The van der Waals surface area contributed by atoms with Gasteiger partial charge < -0.3 is 10.4 Å². The molecule has 2 aromatic rings. The highest BCUT2D eigenvalue weighted by Gasteiger charge is 2.62. The summed E-state index contributed by atoms with van der Waals surface area (Å²) in [5.74, 6) is 0.214. The van der Waals surface area contributed by atoms with E-state index in [2.05, 4.69) is 26.2 Å². The van der Waals surface area contributed by atoms with Crippen molar-refractivity contribution in [1.29, 1.82) is 0 Å². The molecule has 0 aliphatic heterocycles. The van der Waals surface area contributed by atoms with Crippen molar-refractivity contribution in [2.24, 2.45) is 23.7 Å². The van der Waals surface area contributed by atoms with Gasteiger partial charge in [0.15, 0.2) is 0 Å². The molecule has 1 aromatic heterocycles. The number of nitrogens with zero attached hydrogens (tertiary/aromatic N) is 1. The molecule has 0 spiro atoms. The topological polar surface area (TPSA) is 79.3 Å². The van der Waals surface area contributed by atoms with Gasteiger partial charge in [-0.15, -0.1) is 0 Å². The third-order valence-electron chi connectivity index (χ3n) is 7.07. The zero-order chi connectivity index (χ0) is 18.8. The summed E-state index contributed by atoms with van der Waals surface area (Å²) in [7, 11) is 0. The van der Waals surface area contributed by atoms with Gasteiger partial charge in [0.1, 0.15) is 5.54 Å². The van der Waals surface area contributed by atoms with Crippen molar-refractivity contribution < 1.29 is 14.7 Å². The molecule has 4 aliphatic rings. The molecule has 2 N–H and O–H groups in total. The fraction of sp³-hybridized carbons (Fsp3) is 0.476. The predicted molar refractivity (Wildman–Crippen MR) is 104 cm³/mol. The number of aliphatic carboxylic acids is 1. The molecule has 4 bridgehead atoms. The molecule has 0 saturated heterocycles. The Morgan fingerprint density at radius 3 is 2.37 bits per heavy atom. The minimum Gasteiger partial charge on any atom is -0.479 e. The van der Waals surface area contributed by atoms with E-state index in [0.717, 1.165) is 40.9 Å². The number of rotatable bonds is 3. The van der Waals surface area contributed by atoms with Crippen LogP contribution in [0.25, 0.3) is 10.8 Å². The summed E-state index contributed by atoms with van der Waals surface area (Å²) in [6, 6.07) is 5.41. The number of carbonyl (C=O) groups excluding carboxylic acids is 1. The molecule has 1 heterocycles. The van der Waals surface area contributed by atoms with Gasteiger partial charge in [-0.3, -0.25) is 9.78 Å². The first-order valence-corrected chi connectivity index (χ1v) is 10.4. The standard InChI is InChI=1S/C21H21BrN2O3/c22-18-10-23-9-14-2-1-13(8-17(14)18)19(25)24-21(20(26)27)15-4-11-3-12(6-15)7-16(21)5-11/h1-2,8-12,15-16H,3-7H2,(H,24,25)(H,26,27). The minimum atomic E-state index is -1.12. The van der Waals surface area contributed by atoms with Crippen LogP contribution in [0.15, 0.2) is 35.1 Å². The average Bonchev–Trinajstić information content (AvgIpc) is 2.64. The SMILES string of the molecule is O=C(NC1(C(=O)O)C2CC3CC(C2)CC1C3)c1ccc2cncc(Br)c2c1. The van der Waals surface area contributed by atoms with E-state index in [1.807, 2.05) is 12.1 Å². The maximum absolute atomic E-state index is 13.1. The number of carbonyl (C=O) groups is 2. The van der Waals surface area contributed by atoms with Gasteiger partial charge in [-0.1, -0.05) is 6.07 Å². The number of pyridine rings is 1. The predicted octanol–water partition coefficient (Wildman–Crippen LogP) is 4.01. The van der Waals surface area contributed by atoms with Crippen LogP contribution in [-0.4, -0.2) is 27.5 Å². The van der Waals surface area contributed by atoms with Gasteiger partial charge in [0.25, 0.3) is 5.91 Å². The fourth-order valence-electron chi connectivity index (χ4n) is 6.06. The largest absolute Gasteiger partial charge is 0.479 e. The Balaban J connectivity index is 1.50. The molecule has 5 nitrogen and oxygen atoms in total. The van der Waals surface area contributed by atoms with E-state index in [1.54, 1.807) is 18.5 Å². The summed E-state index contributed by atoms with van der Waals surface area (Å²) >= 11 is 3.48. The van der Waals surface area contributed by atoms with E-state index in [9.17, 15) is 14.7 Å². The van der Waals surface area contributed by atoms with Crippen LogP contribution in [0.2, 0.25) is 0 Å². The maximum atomic E-state index is 13.1. The van der Waals surface area contributed by atoms with E-state index >= 15 is 0 Å². The van der Waals surface area contributed by atoms with Gasteiger partial charge in [-0.05, 0) is 89.2 Å². The van der Waals surface area contributed by atoms with E-state index in [4.69, 9.17) is 0 Å². The minimum absolute atomic E-state index is 0.0478. The van der Waals surface area contributed by atoms with Crippen molar-refractivity contribution in [3.8, 4) is 0 Å². The molecule has 0 unspecified atom stereocenters. The van der Waals surface area contributed by atoms with E-state index < -0.39 is 11.5 Å². The molecule has 6 heteroatoms. The average molecular weight is 429 g/mol. The lowest BCUT2D eigenvalue weighted by Crippen LogP contribution is -2.70. The van der Waals surface area contributed by atoms with Crippen molar-refractivity contribution >= 4 is 38.6 Å². The zero-order valence-electron chi connectivity index (χ0n) is 14.8. The maximum Gasteiger partial charge on any atom is 0.330 e. The Morgan fingerprint density at radius 1 is 1.07 bits per heavy atom. The number of carboxylic acids is 1. The molecule has 4 aliphatic carbocycles. The molecule has 6 rings (SSSR count). The Kier molecular flexibility index (Phi) is 3.83. The van der Waals surface area contributed by atoms with Crippen LogP contribution in [0.3, 0.4) is 0 Å². The summed E-state index contributed by atoms with van der Waals surface area (Å²) < 4.78 is 0.817. The lowest BCUT2D eigenvalue weighted by Gasteiger charge is -2.59. The molecule has 4 saturated carbocycles. The van der Waals surface area contributed by atoms with Crippen molar-refractivity contribution in [3.63, 3.8) is 0 Å². The number of aromatic nitrogens is 1. The Morgan fingerprint density at radius 2 is 1.74 bits per heavy atom. The summed E-state index contributed by atoms with van der Waals surface area (Å²) in [5.41, 5.74) is -0.626. The van der Waals surface area contributed by atoms with Crippen molar-refractivity contribution in [2.45, 2.75) is 37.6 Å². The smallest absolute Gasteiger partial charge is 0.330 e. The first-order valence-electron chi connectivity index (χ1n) is 9.56. The highest BCUT2D eigenvalue weighted by molar-refractivity contribution is 9.10. The first-order chi connectivity index (χ1) is 13.0. The molecule has 27 heavy (non-hydrogen) atoms. The van der Waals surface area contributed by atoms with Crippen LogP contribution in [0.1, 0.15) is 42.5 Å².